The minimum Gasteiger partial charge on any atom is -0.332 e. The van der Waals surface area contributed by atoms with E-state index in [2.05, 4.69) is 4.90 Å². The van der Waals surface area contributed by atoms with Crippen molar-refractivity contribution < 1.29 is 14.4 Å². The summed E-state index contributed by atoms with van der Waals surface area (Å²) in [5, 5.41) is 0. The Bertz CT molecular complexity index is 366. The fourth-order valence-corrected chi connectivity index (χ4v) is 2.14. The number of carbonyl (C=O) groups is 3. The van der Waals surface area contributed by atoms with Gasteiger partial charge in [0.2, 0.25) is 5.91 Å². The minimum atomic E-state index is -0.796. The largest absolute Gasteiger partial charge is 0.332 e. The predicted octanol–water partition coefficient (Wildman–Crippen LogP) is -2.58. The number of rotatable bonds is 4. The number of imide groups is 1. The molecule has 0 atom stereocenters. The number of piperazine rings is 1. The Morgan fingerprint density at radius 3 is 2.10 bits per heavy atom. The maximum absolute atomic E-state index is 12.1. The Morgan fingerprint density at radius 2 is 1.65 bits per heavy atom. The van der Waals surface area contributed by atoms with E-state index in [4.69, 9.17) is 11.5 Å². The average Bonchev–Trinajstić information content (AvgIpc) is 2.44. The fourth-order valence-electron chi connectivity index (χ4n) is 2.14. The normalized spacial score (nSPS) is 16.1. The molecule has 0 unspecified atom stereocenters. The standard InChI is InChI=1S/C12H23N5O3/c1-10(18)17(5-3-14)12(20)11(19)16-8-6-15(4-2-13)7-9-16/h2-9,13-14H2,1H3. The fraction of sp³-hybridized carbons (Fsp3) is 0.750. The zero-order valence-corrected chi connectivity index (χ0v) is 11.9. The van der Waals surface area contributed by atoms with Gasteiger partial charge in [0.15, 0.2) is 0 Å². The van der Waals surface area contributed by atoms with Gasteiger partial charge >= 0.3 is 11.8 Å². The molecule has 0 saturated carbocycles. The second-order valence-corrected chi connectivity index (χ2v) is 4.69. The van der Waals surface area contributed by atoms with Crippen molar-refractivity contribution in [2.75, 3.05) is 52.4 Å². The summed E-state index contributed by atoms with van der Waals surface area (Å²) in [6.45, 7) is 5.12. The van der Waals surface area contributed by atoms with Crippen molar-refractivity contribution >= 4 is 17.7 Å². The number of amides is 3. The van der Waals surface area contributed by atoms with Gasteiger partial charge in [0, 0.05) is 59.3 Å². The summed E-state index contributed by atoms with van der Waals surface area (Å²) in [7, 11) is 0. The van der Waals surface area contributed by atoms with Crippen LogP contribution in [0.5, 0.6) is 0 Å². The van der Waals surface area contributed by atoms with E-state index in [1.165, 1.54) is 11.8 Å². The number of hydrogen-bond acceptors (Lipinski definition) is 6. The maximum Gasteiger partial charge on any atom is 0.318 e. The lowest BCUT2D eigenvalue weighted by Gasteiger charge is -2.34. The second kappa shape index (κ2) is 7.93. The molecule has 8 nitrogen and oxygen atoms in total. The van der Waals surface area contributed by atoms with E-state index in [1.807, 2.05) is 0 Å². The summed E-state index contributed by atoms with van der Waals surface area (Å²) in [6.07, 6.45) is 0. The summed E-state index contributed by atoms with van der Waals surface area (Å²) in [5.74, 6) is -1.90. The number of carbonyl (C=O) groups excluding carboxylic acids is 3. The van der Waals surface area contributed by atoms with Gasteiger partial charge in [-0.15, -0.1) is 0 Å². The van der Waals surface area contributed by atoms with Gasteiger partial charge in [-0.1, -0.05) is 0 Å². The Labute approximate surface area is 118 Å². The van der Waals surface area contributed by atoms with E-state index in [0.717, 1.165) is 11.4 Å². The van der Waals surface area contributed by atoms with Gasteiger partial charge in [-0.2, -0.15) is 0 Å². The van der Waals surface area contributed by atoms with Crippen LogP contribution in [0.4, 0.5) is 0 Å². The van der Waals surface area contributed by atoms with E-state index in [9.17, 15) is 14.4 Å². The minimum absolute atomic E-state index is 0.0625. The molecule has 4 N–H and O–H groups in total. The molecule has 0 aromatic heterocycles. The van der Waals surface area contributed by atoms with E-state index in [0.29, 0.717) is 32.7 Å². The molecule has 1 fully saturated rings. The zero-order chi connectivity index (χ0) is 15.1. The average molecular weight is 285 g/mol. The van der Waals surface area contributed by atoms with Gasteiger partial charge in [0.1, 0.15) is 0 Å². The van der Waals surface area contributed by atoms with Crippen LogP contribution in [-0.4, -0.2) is 84.8 Å². The quantitative estimate of drug-likeness (QED) is 0.549. The Kier molecular flexibility index (Phi) is 6.56. The van der Waals surface area contributed by atoms with Gasteiger partial charge in [-0.25, -0.2) is 0 Å². The lowest BCUT2D eigenvalue weighted by atomic mass is 10.3. The first-order valence-electron chi connectivity index (χ1n) is 6.75. The molecule has 1 heterocycles. The van der Waals surface area contributed by atoms with Crippen LogP contribution in [0, 0.1) is 0 Å². The van der Waals surface area contributed by atoms with Crippen molar-refractivity contribution in [3.63, 3.8) is 0 Å². The summed E-state index contributed by atoms with van der Waals surface area (Å²) in [6, 6.07) is 0. The van der Waals surface area contributed by atoms with Crippen LogP contribution in [-0.2, 0) is 14.4 Å². The molecule has 1 saturated heterocycles. The molecule has 114 valence electrons. The highest BCUT2D eigenvalue weighted by atomic mass is 16.2. The smallest absolute Gasteiger partial charge is 0.318 e. The highest BCUT2D eigenvalue weighted by Crippen LogP contribution is 2.04. The van der Waals surface area contributed by atoms with E-state index >= 15 is 0 Å². The molecular weight excluding hydrogens is 262 g/mol. The van der Waals surface area contributed by atoms with Crippen LogP contribution < -0.4 is 11.5 Å². The Balaban J connectivity index is 2.57. The van der Waals surface area contributed by atoms with Gasteiger partial charge in [0.25, 0.3) is 0 Å². The molecule has 0 bridgehead atoms. The molecule has 0 aromatic rings. The number of hydrogen-bond donors (Lipinski definition) is 2. The Hall–Kier alpha value is -1.51. The molecule has 1 aliphatic rings. The molecular formula is C12H23N5O3. The van der Waals surface area contributed by atoms with E-state index in [-0.39, 0.29) is 13.1 Å². The first-order chi connectivity index (χ1) is 9.51. The van der Waals surface area contributed by atoms with Crippen molar-refractivity contribution in [3.05, 3.63) is 0 Å². The molecule has 1 rings (SSSR count). The van der Waals surface area contributed by atoms with Gasteiger partial charge in [0.05, 0.1) is 0 Å². The van der Waals surface area contributed by atoms with E-state index < -0.39 is 17.7 Å². The van der Waals surface area contributed by atoms with Crippen LogP contribution in [0.2, 0.25) is 0 Å². The summed E-state index contributed by atoms with van der Waals surface area (Å²) >= 11 is 0. The molecule has 0 aromatic carbocycles. The highest BCUT2D eigenvalue weighted by molar-refractivity contribution is 6.37. The molecule has 8 heteroatoms. The van der Waals surface area contributed by atoms with Gasteiger partial charge in [-0.05, 0) is 0 Å². The summed E-state index contributed by atoms with van der Waals surface area (Å²) in [4.78, 5) is 40.0. The third-order valence-electron chi connectivity index (χ3n) is 3.27. The number of nitrogens with zero attached hydrogens (tertiary/aromatic N) is 3. The van der Waals surface area contributed by atoms with Gasteiger partial charge < -0.3 is 16.4 Å². The lowest BCUT2D eigenvalue weighted by Crippen LogP contribution is -2.54. The van der Waals surface area contributed by atoms with Crippen LogP contribution >= 0.6 is 0 Å². The van der Waals surface area contributed by atoms with Gasteiger partial charge in [-0.3, -0.25) is 24.2 Å². The van der Waals surface area contributed by atoms with Crippen molar-refractivity contribution in [3.8, 4) is 0 Å². The van der Waals surface area contributed by atoms with Crippen molar-refractivity contribution in [1.29, 1.82) is 0 Å². The molecule has 0 aliphatic carbocycles. The third kappa shape index (κ3) is 4.26. The molecule has 0 radical (unpaired) electrons. The van der Waals surface area contributed by atoms with Crippen molar-refractivity contribution in [2.45, 2.75) is 6.92 Å². The third-order valence-corrected chi connectivity index (χ3v) is 3.27. The summed E-state index contributed by atoms with van der Waals surface area (Å²) in [5.41, 5.74) is 10.8. The highest BCUT2D eigenvalue weighted by Gasteiger charge is 2.30. The molecule has 3 amide bonds. The SMILES string of the molecule is CC(=O)N(CCN)C(=O)C(=O)N1CCN(CCN)CC1. The van der Waals surface area contributed by atoms with E-state index in [1.54, 1.807) is 0 Å². The monoisotopic (exact) mass is 285 g/mol. The lowest BCUT2D eigenvalue weighted by molar-refractivity contribution is -0.156. The number of nitrogens with two attached hydrogens (primary N) is 2. The zero-order valence-electron chi connectivity index (χ0n) is 11.9. The van der Waals surface area contributed by atoms with Crippen molar-refractivity contribution in [1.82, 2.24) is 14.7 Å². The molecule has 0 spiro atoms. The predicted molar refractivity (Wildman–Crippen MR) is 73.5 cm³/mol. The second-order valence-electron chi connectivity index (χ2n) is 4.69. The van der Waals surface area contributed by atoms with Crippen LogP contribution in [0.15, 0.2) is 0 Å². The van der Waals surface area contributed by atoms with Crippen LogP contribution in [0.3, 0.4) is 0 Å². The molecule has 20 heavy (non-hydrogen) atoms. The van der Waals surface area contributed by atoms with Crippen molar-refractivity contribution in [2.24, 2.45) is 11.5 Å². The first kappa shape index (κ1) is 16.5. The first-order valence-corrected chi connectivity index (χ1v) is 6.75. The van der Waals surface area contributed by atoms with Crippen LogP contribution in [0.1, 0.15) is 6.92 Å². The Morgan fingerprint density at radius 1 is 1.05 bits per heavy atom. The summed E-state index contributed by atoms with van der Waals surface area (Å²) < 4.78 is 0. The topological polar surface area (TPSA) is 113 Å². The molecule has 1 aliphatic heterocycles. The van der Waals surface area contributed by atoms with Crippen LogP contribution in [0.25, 0.3) is 0 Å². The maximum atomic E-state index is 12.1.